The molecule has 2 rings (SSSR count). The summed E-state index contributed by atoms with van der Waals surface area (Å²) < 4.78 is 5.69. The van der Waals surface area contributed by atoms with Gasteiger partial charge in [0.2, 0.25) is 11.6 Å². The molecule has 0 saturated heterocycles. The summed E-state index contributed by atoms with van der Waals surface area (Å²) in [6, 6.07) is 11.3. The zero-order chi connectivity index (χ0) is 20.0. The Hall–Kier alpha value is -3.28. The van der Waals surface area contributed by atoms with Gasteiger partial charge in [-0.1, -0.05) is 23.2 Å². The van der Waals surface area contributed by atoms with E-state index in [-0.39, 0.29) is 27.4 Å². The van der Waals surface area contributed by atoms with Gasteiger partial charge in [-0.3, -0.25) is 15.6 Å². The third kappa shape index (κ3) is 5.60. The fraction of sp³-hybridized carbons (Fsp3) is 0.0588. The van der Waals surface area contributed by atoms with Crippen LogP contribution in [0.3, 0.4) is 0 Å². The molecule has 0 aromatic heterocycles. The molecule has 138 valence electrons. The van der Waals surface area contributed by atoms with Crippen LogP contribution in [0.25, 0.3) is 0 Å². The fourth-order valence-corrected chi connectivity index (χ4v) is 2.48. The standard InChI is InChI=1S/C17H14Cl2N6O2/c1-9(26)23-10-2-4-12(5-3-10)27-16-13(18)6-11(7-14(16)19)24-25-15(8-20)17(21)22/h2-7,24H,1H3,(H3,21,22)(H,23,26)/b25-15+. The van der Waals surface area contributed by atoms with Gasteiger partial charge in [0.1, 0.15) is 11.8 Å². The summed E-state index contributed by atoms with van der Waals surface area (Å²) in [6.45, 7) is 1.42. The Kier molecular flexibility index (Phi) is 6.60. The van der Waals surface area contributed by atoms with E-state index in [0.717, 1.165) is 0 Å². The summed E-state index contributed by atoms with van der Waals surface area (Å²) in [5.41, 5.74) is 8.50. The van der Waals surface area contributed by atoms with E-state index in [1.54, 1.807) is 30.3 Å². The summed E-state index contributed by atoms with van der Waals surface area (Å²) in [5, 5.41) is 22.8. The molecule has 0 saturated carbocycles. The van der Waals surface area contributed by atoms with Crippen molar-refractivity contribution < 1.29 is 9.53 Å². The highest BCUT2D eigenvalue weighted by molar-refractivity contribution is 6.45. The lowest BCUT2D eigenvalue weighted by Crippen LogP contribution is -2.21. The van der Waals surface area contributed by atoms with Gasteiger partial charge in [-0.05, 0) is 36.4 Å². The molecule has 0 unspecified atom stereocenters. The summed E-state index contributed by atoms with van der Waals surface area (Å²) >= 11 is 12.4. The first-order valence-corrected chi connectivity index (χ1v) is 8.18. The van der Waals surface area contributed by atoms with Crippen molar-refractivity contribution in [2.24, 2.45) is 10.8 Å². The van der Waals surface area contributed by atoms with Gasteiger partial charge in [0.25, 0.3) is 0 Å². The molecule has 0 bridgehead atoms. The third-order valence-electron chi connectivity index (χ3n) is 3.05. The lowest BCUT2D eigenvalue weighted by molar-refractivity contribution is -0.114. The number of halogens is 2. The summed E-state index contributed by atoms with van der Waals surface area (Å²) in [6.07, 6.45) is 0. The van der Waals surface area contributed by atoms with Crippen LogP contribution in [0.4, 0.5) is 11.4 Å². The van der Waals surface area contributed by atoms with Crippen LogP contribution >= 0.6 is 23.2 Å². The van der Waals surface area contributed by atoms with Crippen molar-refractivity contribution in [2.45, 2.75) is 6.92 Å². The van der Waals surface area contributed by atoms with Crippen LogP contribution in [0.2, 0.25) is 10.0 Å². The van der Waals surface area contributed by atoms with Crippen molar-refractivity contribution >= 4 is 52.0 Å². The number of hydrogen-bond donors (Lipinski definition) is 4. The third-order valence-corrected chi connectivity index (χ3v) is 3.61. The molecule has 2 aromatic rings. The number of benzene rings is 2. The molecule has 2 aromatic carbocycles. The number of amidine groups is 1. The summed E-state index contributed by atoms with van der Waals surface area (Å²) in [5.74, 6) is 0.0527. The molecule has 1 amide bonds. The van der Waals surface area contributed by atoms with Gasteiger partial charge in [0.05, 0.1) is 15.7 Å². The molecular formula is C17H14Cl2N6O2. The molecule has 0 atom stereocenters. The maximum atomic E-state index is 11.0. The number of ether oxygens (including phenoxy) is 1. The number of hydrazone groups is 1. The Balaban J connectivity index is 2.18. The molecule has 10 heteroatoms. The van der Waals surface area contributed by atoms with Crippen LogP contribution in [0.1, 0.15) is 6.92 Å². The van der Waals surface area contributed by atoms with Crippen molar-refractivity contribution in [3.63, 3.8) is 0 Å². The first kappa shape index (κ1) is 20.0. The molecule has 0 fully saturated rings. The van der Waals surface area contributed by atoms with Gasteiger partial charge < -0.3 is 15.8 Å². The van der Waals surface area contributed by atoms with E-state index in [2.05, 4.69) is 15.8 Å². The Morgan fingerprint density at radius 2 is 1.81 bits per heavy atom. The second-order valence-corrected chi connectivity index (χ2v) is 5.99. The number of rotatable bonds is 6. The van der Waals surface area contributed by atoms with Crippen molar-refractivity contribution in [2.75, 3.05) is 10.7 Å². The van der Waals surface area contributed by atoms with Crippen LogP contribution in [0, 0.1) is 16.7 Å². The molecule has 0 spiro atoms. The van der Waals surface area contributed by atoms with Gasteiger partial charge in [-0.25, -0.2) is 0 Å². The van der Waals surface area contributed by atoms with Crippen LogP contribution in [-0.4, -0.2) is 17.5 Å². The van der Waals surface area contributed by atoms with Crippen molar-refractivity contribution in [1.82, 2.24) is 0 Å². The molecule has 8 nitrogen and oxygen atoms in total. The topological polar surface area (TPSA) is 136 Å². The van der Waals surface area contributed by atoms with Gasteiger partial charge in [0, 0.05) is 12.6 Å². The molecule has 0 heterocycles. The minimum absolute atomic E-state index is 0.176. The van der Waals surface area contributed by atoms with E-state index in [4.69, 9.17) is 44.3 Å². The van der Waals surface area contributed by atoms with Crippen LogP contribution in [-0.2, 0) is 4.79 Å². The van der Waals surface area contributed by atoms with E-state index in [1.165, 1.54) is 19.1 Å². The van der Waals surface area contributed by atoms with Crippen LogP contribution in [0.15, 0.2) is 41.5 Å². The number of amides is 1. The molecular weight excluding hydrogens is 391 g/mol. The SMILES string of the molecule is CC(=O)Nc1ccc(Oc2c(Cl)cc(N/N=C(\C#N)C(=N)N)cc2Cl)cc1. The molecule has 0 aliphatic heterocycles. The number of carbonyl (C=O) groups is 1. The molecule has 0 aliphatic carbocycles. The smallest absolute Gasteiger partial charge is 0.221 e. The Morgan fingerprint density at radius 1 is 1.22 bits per heavy atom. The second-order valence-electron chi connectivity index (χ2n) is 5.17. The lowest BCUT2D eigenvalue weighted by Gasteiger charge is -2.12. The predicted molar refractivity (Wildman–Crippen MR) is 106 cm³/mol. The predicted octanol–water partition coefficient (Wildman–Crippen LogP) is 3.97. The van der Waals surface area contributed by atoms with Gasteiger partial charge in [-0.15, -0.1) is 0 Å². The van der Waals surface area contributed by atoms with Gasteiger partial charge in [-0.2, -0.15) is 10.4 Å². The highest BCUT2D eigenvalue weighted by atomic mass is 35.5. The largest absolute Gasteiger partial charge is 0.454 e. The number of nitriles is 1. The van der Waals surface area contributed by atoms with Crippen molar-refractivity contribution in [3.05, 3.63) is 46.4 Å². The van der Waals surface area contributed by atoms with Crippen LogP contribution in [0.5, 0.6) is 11.5 Å². The van der Waals surface area contributed by atoms with E-state index in [0.29, 0.717) is 17.1 Å². The van der Waals surface area contributed by atoms with Crippen molar-refractivity contribution in [1.29, 1.82) is 10.7 Å². The molecule has 27 heavy (non-hydrogen) atoms. The highest BCUT2D eigenvalue weighted by Gasteiger charge is 2.12. The van der Waals surface area contributed by atoms with Gasteiger partial charge >= 0.3 is 0 Å². The normalized spacial score (nSPS) is 10.7. The minimum Gasteiger partial charge on any atom is -0.454 e. The number of nitrogens with zero attached hydrogens (tertiary/aromatic N) is 2. The van der Waals surface area contributed by atoms with E-state index >= 15 is 0 Å². The number of anilines is 2. The summed E-state index contributed by atoms with van der Waals surface area (Å²) in [4.78, 5) is 11.0. The average Bonchev–Trinajstić information content (AvgIpc) is 2.59. The number of nitrogens with one attached hydrogen (secondary N) is 3. The summed E-state index contributed by atoms with van der Waals surface area (Å²) in [7, 11) is 0. The van der Waals surface area contributed by atoms with E-state index in [1.807, 2.05) is 0 Å². The fourth-order valence-electron chi connectivity index (χ4n) is 1.92. The first-order chi connectivity index (χ1) is 12.8. The van der Waals surface area contributed by atoms with Crippen LogP contribution < -0.4 is 21.2 Å². The average molecular weight is 405 g/mol. The quantitative estimate of drug-likeness (QED) is 0.327. The lowest BCUT2D eigenvalue weighted by atomic mass is 10.3. The first-order valence-electron chi connectivity index (χ1n) is 7.43. The number of carbonyl (C=O) groups excluding carboxylic acids is 1. The maximum Gasteiger partial charge on any atom is 0.221 e. The zero-order valence-electron chi connectivity index (χ0n) is 14.0. The number of hydrogen-bond acceptors (Lipinski definition) is 6. The molecule has 5 N–H and O–H groups in total. The Labute approximate surface area is 165 Å². The number of nitrogens with two attached hydrogens (primary N) is 1. The maximum absolute atomic E-state index is 11.0. The molecule has 0 radical (unpaired) electrons. The minimum atomic E-state index is -0.468. The monoisotopic (exact) mass is 404 g/mol. The van der Waals surface area contributed by atoms with E-state index in [9.17, 15) is 4.79 Å². The zero-order valence-corrected chi connectivity index (χ0v) is 15.5. The van der Waals surface area contributed by atoms with E-state index < -0.39 is 5.84 Å². The Bertz CT molecular complexity index is 928. The highest BCUT2D eigenvalue weighted by Crippen LogP contribution is 2.39. The second kappa shape index (κ2) is 8.89. The van der Waals surface area contributed by atoms with Gasteiger partial charge in [0.15, 0.2) is 11.6 Å². The Morgan fingerprint density at radius 3 is 2.30 bits per heavy atom. The molecule has 0 aliphatic rings. The van der Waals surface area contributed by atoms with Crippen molar-refractivity contribution in [3.8, 4) is 17.6 Å².